The molecule has 1 saturated heterocycles. The van der Waals surface area contributed by atoms with Crippen molar-refractivity contribution in [1.29, 1.82) is 0 Å². The van der Waals surface area contributed by atoms with Crippen LogP contribution in [-0.4, -0.2) is 37.0 Å². The third-order valence-corrected chi connectivity index (χ3v) is 5.53. The molecular formula is C13H17F2NO3S. The van der Waals surface area contributed by atoms with Gasteiger partial charge in [-0.1, -0.05) is 12.5 Å². The second kappa shape index (κ2) is 6.15. The molecule has 1 aromatic rings. The van der Waals surface area contributed by atoms with Gasteiger partial charge in [-0.05, 0) is 31.4 Å². The van der Waals surface area contributed by atoms with E-state index in [4.69, 9.17) is 5.11 Å². The summed E-state index contributed by atoms with van der Waals surface area (Å²) < 4.78 is 53.5. The van der Waals surface area contributed by atoms with Crippen LogP contribution in [0.3, 0.4) is 0 Å². The topological polar surface area (TPSA) is 57.6 Å². The smallest absolute Gasteiger partial charge is 0.249 e. The van der Waals surface area contributed by atoms with Crippen LogP contribution in [0.5, 0.6) is 0 Å². The molecule has 1 heterocycles. The summed E-state index contributed by atoms with van der Waals surface area (Å²) in [6.07, 6.45) is 2.36. The molecule has 7 heteroatoms. The number of aliphatic hydroxyl groups excluding tert-OH is 1. The van der Waals surface area contributed by atoms with E-state index in [1.54, 1.807) is 0 Å². The Kier molecular flexibility index (Phi) is 4.72. The first-order valence-electron chi connectivity index (χ1n) is 6.55. The van der Waals surface area contributed by atoms with Crippen molar-refractivity contribution in [3.05, 3.63) is 29.8 Å². The van der Waals surface area contributed by atoms with Crippen LogP contribution in [0.25, 0.3) is 0 Å². The van der Waals surface area contributed by atoms with Gasteiger partial charge in [0.25, 0.3) is 0 Å². The molecule has 0 aliphatic carbocycles. The lowest BCUT2D eigenvalue weighted by atomic mass is 10.0. The van der Waals surface area contributed by atoms with Crippen molar-refractivity contribution in [2.45, 2.75) is 36.6 Å². The normalized spacial score (nSPS) is 21.1. The quantitative estimate of drug-likeness (QED) is 0.924. The van der Waals surface area contributed by atoms with Crippen molar-refractivity contribution >= 4 is 10.0 Å². The Morgan fingerprint density at radius 3 is 2.50 bits per heavy atom. The van der Waals surface area contributed by atoms with E-state index in [2.05, 4.69) is 0 Å². The second-order valence-corrected chi connectivity index (χ2v) is 6.66. The molecule has 4 nitrogen and oxygen atoms in total. The maximum Gasteiger partial charge on any atom is 0.249 e. The van der Waals surface area contributed by atoms with Crippen molar-refractivity contribution in [3.63, 3.8) is 0 Å². The Morgan fingerprint density at radius 2 is 1.90 bits per heavy atom. The zero-order chi connectivity index (χ0) is 14.8. The number of halogens is 2. The van der Waals surface area contributed by atoms with Crippen molar-refractivity contribution in [1.82, 2.24) is 4.31 Å². The Labute approximate surface area is 117 Å². The number of hydrogen-bond donors (Lipinski definition) is 1. The van der Waals surface area contributed by atoms with Gasteiger partial charge in [-0.2, -0.15) is 4.31 Å². The largest absolute Gasteiger partial charge is 0.396 e. The number of aliphatic hydroxyl groups is 1. The number of piperidine rings is 1. The van der Waals surface area contributed by atoms with Crippen LogP contribution in [-0.2, 0) is 10.0 Å². The molecule has 1 N–H and O–H groups in total. The van der Waals surface area contributed by atoms with Gasteiger partial charge in [0, 0.05) is 19.2 Å². The first-order chi connectivity index (χ1) is 9.48. The molecule has 0 radical (unpaired) electrons. The maximum absolute atomic E-state index is 13.7. The van der Waals surface area contributed by atoms with E-state index >= 15 is 0 Å². The van der Waals surface area contributed by atoms with Gasteiger partial charge in [0.15, 0.2) is 4.90 Å². The van der Waals surface area contributed by atoms with Gasteiger partial charge in [-0.25, -0.2) is 17.2 Å². The number of hydrogen-bond acceptors (Lipinski definition) is 3. The Morgan fingerprint density at radius 1 is 1.25 bits per heavy atom. The first-order valence-corrected chi connectivity index (χ1v) is 7.99. The van der Waals surface area contributed by atoms with E-state index in [-0.39, 0.29) is 19.6 Å². The van der Waals surface area contributed by atoms with E-state index in [0.717, 1.165) is 28.9 Å². The molecule has 0 bridgehead atoms. The van der Waals surface area contributed by atoms with Crippen LogP contribution in [0.4, 0.5) is 8.78 Å². The summed E-state index contributed by atoms with van der Waals surface area (Å²) in [5.74, 6) is -2.17. The predicted octanol–water partition coefficient (Wildman–Crippen LogP) is 1.89. The van der Waals surface area contributed by atoms with Crippen molar-refractivity contribution in [2.24, 2.45) is 0 Å². The minimum absolute atomic E-state index is 0.156. The molecule has 0 aromatic heterocycles. The average molecular weight is 305 g/mol. The minimum atomic E-state index is -4.22. The molecular weight excluding hydrogens is 288 g/mol. The van der Waals surface area contributed by atoms with Gasteiger partial charge in [0.05, 0.1) is 0 Å². The zero-order valence-electron chi connectivity index (χ0n) is 10.9. The zero-order valence-corrected chi connectivity index (χ0v) is 11.7. The summed E-state index contributed by atoms with van der Waals surface area (Å²) >= 11 is 0. The van der Waals surface area contributed by atoms with Gasteiger partial charge in [-0.3, -0.25) is 0 Å². The molecule has 1 aromatic carbocycles. The van der Waals surface area contributed by atoms with Crippen molar-refractivity contribution in [2.75, 3.05) is 13.2 Å². The highest BCUT2D eigenvalue weighted by Crippen LogP contribution is 2.29. The fraction of sp³-hybridized carbons (Fsp3) is 0.538. The maximum atomic E-state index is 13.7. The highest BCUT2D eigenvalue weighted by Gasteiger charge is 2.36. The highest BCUT2D eigenvalue weighted by atomic mass is 32.2. The number of rotatable bonds is 4. The molecule has 0 spiro atoms. The van der Waals surface area contributed by atoms with Gasteiger partial charge < -0.3 is 5.11 Å². The number of nitrogens with zero attached hydrogens (tertiary/aromatic N) is 1. The molecule has 0 amide bonds. The lowest BCUT2D eigenvalue weighted by molar-refractivity contribution is 0.192. The average Bonchev–Trinajstić information content (AvgIpc) is 2.39. The fourth-order valence-corrected chi connectivity index (χ4v) is 4.41. The summed E-state index contributed by atoms with van der Waals surface area (Å²) in [5, 5.41) is 9.01. The van der Waals surface area contributed by atoms with Gasteiger partial charge in [0.1, 0.15) is 11.6 Å². The first kappa shape index (κ1) is 15.3. The lowest BCUT2D eigenvalue weighted by Gasteiger charge is -2.34. The van der Waals surface area contributed by atoms with Crippen LogP contribution in [0.2, 0.25) is 0 Å². The summed E-state index contributed by atoms with van der Waals surface area (Å²) in [4.78, 5) is -0.898. The summed E-state index contributed by atoms with van der Waals surface area (Å²) in [7, 11) is -4.22. The predicted molar refractivity (Wildman–Crippen MR) is 69.6 cm³/mol. The van der Waals surface area contributed by atoms with E-state index in [1.165, 1.54) is 0 Å². The number of benzene rings is 1. The third kappa shape index (κ3) is 2.84. The molecule has 1 aliphatic rings. The van der Waals surface area contributed by atoms with Crippen molar-refractivity contribution < 1.29 is 22.3 Å². The standard InChI is InChI=1S/C13H17F2NO3S/c14-11-5-3-6-12(15)13(11)20(18,19)16-8-2-1-4-10(16)7-9-17/h3,5-6,10,17H,1-2,4,7-9H2. The van der Waals surface area contributed by atoms with E-state index in [9.17, 15) is 17.2 Å². The van der Waals surface area contributed by atoms with Gasteiger partial charge in [-0.15, -0.1) is 0 Å². The summed E-state index contributed by atoms with van der Waals surface area (Å²) in [6, 6.07) is 2.59. The molecule has 1 aliphatic heterocycles. The van der Waals surface area contributed by atoms with E-state index in [0.29, 0.717) is 12.8 Å². The van der Waals surface area contributed by atoms with Crippen LogP contribution in [0.1, 0.15) is 25.7 Å². The van der Waals surface area contributed by atoms with Crippen molar-refractivity contribution in [3.8, 4) is 0 Å². The third-order valence-electron chi connectivity index (χ3n) is 3.52. The summed E-state index contributed by atoms with van der Waals surface area (Å²) in [6.45, 7) is 0.0667. The van der Waals surface area contributed by atoms with E-state index < -0.39 is 32.6 Å². The Bertz CT molecular complexity index is 555. The van der Waals surface area contributed by atoms with Crippen LogP contribution in [0, 0.1) is 11.6 Å². The van der Waals surface area contributed by atoms with Crippen LogP contribution < -0.4 is 0 Å². The molecule has 112 valence electrons. The van der Waals surface area contributed by atoms with Crippen LogP contribution in [0.15, 0.2) is 23.1 Å². The fourth-order valence-electron chi connectivity index (χ4n) is 2.57. The second-order valence-electron chi connectivity index (χ2n) is 4.83. The highest BCUT2D eigenvalue weighted by molar-refractivity contribution is 7.89. The monoisotopic (exact) mass is 305 g/mol. The summed E-state index contributed by atoms with van der Waals surface area (Å²) in [5.41, 5.74) is 0. The van der Waals surface area contributed by atoms with E-state index in [1.807, 2.05) is 0 Å². The lowest BCUT2D eigenvalue weighted by Crippen LogP contribution is -2.44. The molecule has 0 saturated carbocycles. The minimum Gasteiger partial charge on any atom is -0.396 e. The van der Waals surface area contributed by atoms with Gasteiger partial charge in [0.2, 0.25) is 10.0 Å². The van der Waals surface area contributed by atoms with Gasteiger partial charge >= 0.3 is 0 Å². The molecule has 1 atom stereocenters. The Hall–Kier alpha value is -1.05. The molecule has 2 rings (SSSR count). The SMILES string of the molecule is O=S(=O)(c1c(F)cccc1F)N1CCCCC1CCO. The Balaban J connectivity index is 2.42. The number of sulfonamides is 1. The van der Waals surface area contributed by atoms with Crippen LogP contribution >= 0.6 is 0 Å². The molecule has 1 fully saturated rings. The molecule has 20 heavy (non-hydrogen) atoms. The molecule has 1 unspecified atom stereocenters.